The molecule has 0 fully saturated rings. The smallest absolute Gasteiger partial charge is 0.418 e. The summed E-state index contributed by atoms with van der Waals surface area (Å²) in [6, 6.07) is 5.15. The molecular formula is C16H15N3O4. The quantitative estimate of drug-likeness (QED) is 0.870. The second-order valence-electron chi connectivity index (χ2n) is 5.79. The molecule has 1 spiro atoms. The molecule has 1 aromatic heterocycles. The van der Waals surface area contributed by atoms with Crippen molar-refractivity contribution >= 4 is 17.7 Å². The van der Waals surface area contributed by atoms with Gasteiger partial charge in [-0.15, -0.1) is 0 Å². The molecule has 7 nitrogen and oxygen atoms in total. The number of hydrogen-bond acceptors (Lipinski definition) is 4. The van der Waals surface area contributed by atoms with E-state index in [9.17, 15) is 14.7 Å². The van der Waals surface area contributed by atoms with E-state index in [-0.39, 0.29) is 0 Å². The molecule has 1 atom stereocenters. The highest BCUT2D eigenvalue weighted by molar-refractivity contribution is 6.22. The first-order valence-corrected chi connectivity index (χ1v) is 7.36. The number of aromatic nitrogens is 2. The third-order valence-corrected chi connectivity index (χ3v) is 4.77. The molecule has 118 valence electrons. The van der Waals surface area contributed by atoms with Gasteiger partial charge in [0, 0.05) is 18.8 Å². The van der Waals surface area contributed by atoms with Gasteiger partial charge in [-0.3, -0.25) is 4.79 Å². The zero-order chi connectivity index (χ0) is 16.2. The van der Waals surface area contributed by atoms with Crippen LogP contribution in [0.25, 0.3) is 0 Å². The summed E-state index contributed by atoms with van der Waals surface area (Å²) in [5, 5.41) is 9.55. The maximum Gasteiger partial charge on any atom is 0.418 e. The van der Waals surface area contributed by atoms with Crippen LogP contribution < -0.4 is 9.64 Å². The third-order valence-electron chi connectivity index (χ3n) is 4.77. The lowest BCUT2D eigenvalue weighted by molar-refractivity contribution is -0.122. The first-order chi connectivity index (χ1) is 11.1. The number of carbonyl (C=O) groups is 2. The fourth-order valence-electron chi connectivity index (χ4n) is 3.78. The molecule has 2 aliphatic rings. The molecule has 0 saturated carbocycles. The second kappa shape index (κ2) is 4.58. The molecule has 2 aromatic rings. The first-order valence-electron chi connectivity index (χ1n) is 7.36. The van der Waals surface area contributed by atoms with Crippen molar-refractivity contribution in [2.45, 2.75) is 24.8 Å². The number of methoxy groups -OCH3 is 1. The summed E-state index contributed by atoms with van der Waals surface area (Å²) in [5.41, 5.74) is 0.849. The highest BCUT2D eigenvalue weighted by Crippen LogP contribution is 2.51. The minimum absolute atomic E-state index is 0.372. The number of aryl methyl sites for hydroxylation is 1. The average Bonchev–Trinajstić information content (AvgIpc) is 3.11. The molecule has 3 heterocycles. The Balaban J connectivity index is 2.02. The lowest BCUT2D eigenvalue weighted by atomic mass is 9.73. The highest BCUT2D eigenvalue weighted by Gasteiger charge is 2.56. The van der Waals surface area contributed by atoms with Crippen molar-refractivity contribution < 1.29 is 19.4 Å². The van der Waals surface area contributed by atoms with Crippen LogP contribution in [0.4, 0.5) is 10.5 Å². The van der Waals surface area contributed by atoms with Crippen LogP contribution in [0.15, 0.2) is 30.7 Å². The number of nitrogens with zero attached hydrogens (tertiary/aromatic N) is 3. The van der Waals surface area contributed by atoms with E-state index in [1.54, 1.807) is 30.7 Å². The van der Waals surface area contributed by atoms with Gasteiger partial charge < -0.3 is 14.4 Å². The van der Waals surface area contributed by atoms with E-state index in [1.165, 1.54) is 7.11 Å². The minimum Gasteiger partial charge on any atom is -0.497 e. The van der Waals surface area contributed by atoms with Gasteiger partial charge in [-0.2, -0.15) is 0 Å². The van der Waals surface area contributed by atoms with E-state index in [0.717, 1.165) is 23.6 Å². The van der Waals surface area contributed by atoms with Crippen LogP contribution in [0.2, 0.25) is 0 Å². The summed E-state index contributed by atoms with van der Waals surface area (Å²) >= 11 is 0. The Hall–Kier alpha value is -2.83. The number of rotatable bonds is 1. The van der Waals surface area contributed by atoms with Crippen molar-refractivity contribution in [1.82, 2.24) is 9.55 Å². The maximum absolute atomic E-state index is 13.1. The molecular weight excluding hydrogens is 298 g/mol. The van der Waals surface area contributed by atoms with Crippen LogP contribution in [0.1, 0.15) is 24.1 Å². The Morgan fingerprint density at radius 3 is 3.00 bits per heavy atom. The van der Waals surface area contributed by atoms with Gasteiger partial charge in [0.15, 0.2) is 0 Å². The number of amides is 2. The van der Waals surface area contributed by atoms with Gasteiger partial charge in [0.2, 0.25) is 0 Å². The summed E-state index contributed by atoms with van der Waals surface area (Å²) in [5.74, 6) is 0.0823. The lowest BCUT2D eigenvalue weighted by Gasteiger charge is -2.33. The number of hydrogen-bond donors (Lipinski definition) is 1. The van der Waals surface area contributed by atoms with Crippen LogP contribution in [0.5, 0.6) is 5.75 Å². The predicted octanol–water partition coefficient (Wildman–Crippen LogP) is 2.00. The van der Waals surface area contributed by atoms with Crippen molar-refractivity contribution in [1.29, 1.82) is 0 Å². The summed E-state index contributed by atoms with van der Waals surface area (Å²) in [6.07, 6.45) is 3.43. The molecule has 0 saturated heterocycles. The van der Waals surface area contributed by atoms with E-state index >= 15 is 0 Å². The summed E-state index contributed by atoms with van der Waals surface area (Å²) in [6.45, 7) is 0.781. The average molecular weight is 313 g/mol. The van der Waals surface area contributed by atoms with Gasteiger partial charge in [0.1, 0.15) is 11.2 Å². The Labute approximate surface area is 132 Å². The van der Waals surface area contributed by atoms with Crippen LogP contribution in [0, 0.1) is 0 Å². The summed E-state index contributed by atoms with van der Waals surface area (Å²) < 4.78 is 7.12. The van der Waals surface area contributed by atoms with E-state index in [1.807, 2.05) is 4.57 Å². The van der Waals surface area contributed by atoms with Crippen molar-refractivity contribution in [2.75, 3.05) is 12.0 Å². The van der Waals surface area contributed by atoms with E-state index in [0.29, 0.717) is 23.4 Å². The Morgan fingerprint density at radius 1 is 1.43 bits per heavy atom. The van der Waals surface area contributed by atoms with Crippen molar-refractivity contribution in [2.24, 2.45) is 0 Å². The Bertz CT molecular complexity index is 828. The number of fused-ring (bicyclic) bond motifs is 4. The molecule has 1 unspecified atom stereocenters. The van der Waals surface area contributed by atoms with Crippen LogP contribution >= 0.6 is 0 Å². The van der Waals surface area contributed by atoms with Crippen LogP contribution in [-0.4, -0.2) is 33.8 Å². The normalized spacial score (nSPS) is 22.1. The largest absolute Gasteiger partial charge is 0.497 e. The van der Waals surface area contributed by atoms with Gasteiger partial charge in [0.25, 0.3) is 5.91 Å². The number of imide groups is 1. The predicted molar refractivity (Wildman–Crippen MR) is 80.7 cm³/mol. The van der Waals surface area contributed by atoms with Crippen molar-refractivity contribution in [3.63, 3.8) is 0 Å². The lowest BCUT2D eigenvalue weighted by Crippen LogP contribution is -2.46. The molecule has 7 heteroatoms. The first kappa shape index (κ1) is 13.8. The molecule has 0 aliphatic carbocycles. The van der Waals surface area contributed by atoms with E-state index in [4.69, 9.17) is 4.74 Å². The van der Waals surface area contributed by atoms with Gasteiger partial charge in [-0.05, 0) is 24.5 Å². The van der Waals surface area contributed by atoms with Gasteiger partial charge in [-0.25, -0.2) is 14.7 Å². The fourth-order valence-corrected chi connectivity index (χ4v) is 3.78. The van der Waals surface area contributed by atoms with Crippen molar-refractivity contribution in [3.05, 3.63) is 42.0 Å². The van der Waals surface area contributed by atoms with Crippen LogP contribution in [-0.2, 0) is 16.8 Å². The summed E-state index contributed by atoms with van der Waals surface area (Å²) in [4.78, 5) is 29.8. The van der Waals surface area contributed by atoms with Crippen LogP contribution in [0.3, 0.4) is 0 Å². The molecule has 0 radical (unpaired) electrons. The zero-order valence-corrected chi connectivity index (χ0v) is 12.5. The molecule has 1 N–H and O–H groups in total. The molecule has 4 rings (SSSR count). The monoisotopic (exact) mass is 313 g/mol. The number of imidazole rings is 1. The van der Waals surface area contributed by atoms with Gasteiger partial charge >= 0.3 is 6.09 Å². The number of benzene rings is 1. The standard InChI is InChI=1S/C16H15N3O4/c1-23-10-3-4-11-12(7-10)19(15(21)22)14(20)16(11)5-2-6-18-9-17-8-13(16)18/h3-4,7-9H,2,5-6H2,1H3,(H,21,22). The number of ether oxygens (including phenoxy) is 1. The number of anilines is 1. The highest BCUT2D eigenvalue weighted by atomic mass is 16.5. The van der Waals surface area contributed by atoms with Gasteiger partial charge in [0.05, 0.1) is 24.8 Å². The zero-order valence-electron chi connectivity index (χ0n) is 12.5. The van der Waals surface area contributed by atoms with E-state index < -0.39 is 17.4 Å². The fraction of sp³-hybridized carbons (Fsp3) is 0.312. The second-order valence-corrected chi connectivity index (χ2v) is 5.79. The Morgan fingerprint density at radius 2 is 2.26 bits per heavy atom. The molecule has 23 heavy (non-hydrogen) atoms. The third kappa shape index (κ3) is 1.61. The number of carboxylic acid groups (broad SMARTS) is 1. The van der Waals surface area contributed by atoms with Gasteiger partial charge in [-0.1, -0.05) is 6.07 Å². The molecule has 2 aliphatic heterocycles. The number of carbonyl (C=O) groups excluding carboxylic acids is 1. The Kier molecular flexibility index (Phi) is 2.75. The van der Waals surface area contributed by atoms with Crippen molar-refractivity contribution in [3.8, 4) is 5.75 Å². The SMILES string of the molecule is COc1ccc2c(c1)N(C(=O)O)C(=O)C21CCCn2cncc21. The molecule has 2 amide bonds. The summed E-state index contributed by atoms with van der Waals surface area (Å²) in [7, 11) is 1.51. The molecule has 0 bridgehead atoms. The minimum atomic E-state index is -1.28. The topological polar surface area (TPSA) is 84.7 Å². The molecule has 1 aromatic carbocycles. The maximum atomic E-state index is 13.1. The van der Waals surface area contributed by atoms with E-state index in [2.05, 4.69) is 4.98 Å².